The Kier molecular flexibility index (Phi) is 35.5. The standard InChI is InChI=1S/C71H126N16O14S/c1-24-51-66(94)79(17)49(15)65(93)84(22)57(50(16)100-34-28-27-31-86-32-35-99-36-33-86)62(90)75-55(44(8)9)69(97)80(18)52(38-41(2)3)61(89)72-47(13)60(88)73-48(14)64(92)81(19)53(39-42(4)5)67(95)82(20)54(40-43(6)7)68(96)83(21)56(45(10)11)70(98)87-58(63(91)74-51)59(101-87)46(12)30-26-25-29-37-102-71-76-77-78-85(71)23/h41-59H,24-40H2,1-23H3,(H,72,89)(H,73,88)(H,74,91)(H,75,90)/t46-,47+,48-,49-,50-,51+,52+,53+,54+,55+,56+,57+,58+,59-/m1/s1. The fourth-order valence-electron chi connectivity index (χ4n) is 13.3. The molecule has 3 aliphatic heterocycles. The first-order valence-corrected chi connectivity index (χ1v) is 37.9. The Morgan fingerprint density at radius 3 is 1.63 bits per heavy atom. The van der Waals surface area contributed by atoms with Gasteiger partial charge < -0.3 is 60.1 Å². The second-order valence-corrected chi connectivity index (χ2v) is 31.3. The number of aryl methyl sites for hydroxylation is 1. The lowest BCUT2D eigenvalue weighted by molar-refractivity contribution is -0.322. The molecule has 4 N–H and O–H groups in total. The SMILES string of the molecule is CC[C@@H]1NC(=O)[C@@H]2[C@@H]([C@H](C)CCCCCSc3nnnn3C)ON2C(=O)[C@H](C(C)C)N(C)C(=O)[C@H](CC(C)C)N(C)C(=O)[C@H](CC(C)C)N(C)C(=O)[C@@H](C)NC(=O)[C@H](C)NC(=O)[C@H](CC(C)C)N(C)C(=O)[C@H](C(C)C)NC(=O)[C@H]([C@@H](C)OCCCCN2CCOCC2)N(C)C(=O)[C@@H](C)N(C)C1=O. The number of morpholine rings is 1. The summed E-state index contributed by atoms with van der Waals surface area (Å²) in [6.07, 6.45) is 3.02. The molecule has 11 amide bonds. The molecule has 31 heteroatoms. The summed E-state index contributed by atoms with van der Waals surface area (Å²) in [6, 6.07) is -13.7. The van der Waals surface area contributed by atoms with E-state index in [1.807, 2.05) is 48.5 Å². The second-order valence-electron chi connectivity index (χ2n) is 30.3. The third kappa shape index (κ3) is 24.0. The molecule has 4 rings (SSSR count). The highest BCUT2D eigenvalue weighted by Gasteiger charge is 2.55. The number of hydrogen-bond donors (Lipinski definition) is 4. The van der Waals surface area contributed by atoms with Crippen molar-refractivity contribution in [3.63, 3.8) is 0 Å². The molecular formula is C71H126N16O14S. The maximum Gasteiger partial charge on any atom is 0.270 e. The van der Waals surface area contributed by atoms with Gasteiger partial charge in [0.15, 0.2) is 6.04 Å². The van der Waals surface area contributed by atoms with Crippen LogP contribution in [0.15, 0.2) is 5.16 Å². The van der Waals surface area contributed by atoms with Gasteiger partial charge in [-0.15, -0.1) is 5.10 Å². The number of thioether (sulfide) groups is 1. The zero-order valence-corrected chi connectivity index (χ0v) is 66.3. The van der Waals surface area contributed by atoms with Gasteiger partial charge in [-0.2, -0.15) is 0 Å². The largest absolute Gasteiger partial charge is 0.379 e. The van der Waals surface area contributed by atoms with Gasteiger partial charge in [0.1, 0.15) is 66.5 Å². The Hall–Kier alpha value is -6.57. The van der Waals surface area contributed by atoms with Gasteiger partial charge >= 0.3 is 0 Å². The summed E-state index contributed by atoms with van der Waals surface area (Å²) in [5.41, 5.74) is 0. The van der Waals surface area contributed by atoms with Gasteiger partial charge in [0, 0.05) is 74.8 Å². The van der Waals surface area contributed by atoms with E-state index in [0.29, 0.717) is 31.2 Å². The molecule has 3 saturated heterocycles. The van der Waals surface area contributed by atoms with E-state index in [2.05, 4.69) is 41.7 Å². The number of likely N-dealkylation sites (N-methyl/N-ethyl adjacent to an activating group) is 6. The lowest BCUT2D eigenvalue weighted by Crippen LogP contribution is -2.72. The highest BCUT2D eigenvalue weighted by Crippen LogP contribution is 2.35. The molecule has 3 fully saturated rings. The van der Waals surface area contributed by atoms with Gasteiger partial charge in [0.05, 0.1) is 19.3 Å². The second kappa shape index (κ2) is 41.2. The lowest BCUT2D eigenvalue weighted by atomic mass is 9.88. The van der Waals surface area contributed by atoms with Crippen LogP contribution in [0.5, 0.6) is 0 Å². The number of nitrogens with one attached hydrogen (secondary N) is 4. The molecule has 0 aliphatic carbocycles. The Morgan fingerprint density at radius 1 is 0.529 bits per heavy atom. The zero-order valence-electron chi connectivity index (χ0n) is 65.5. The van der Waals surface area contributed by atoms with E-state index in [1.54, 1.807) is 53.3 Å². The normalized spacial score (nSPS) is 27.3. The highest BCUT2D eigenvalue weighted by atomic mass is 32.2. The van der Waals surface area contributed by atoms with Gasteiger partial charge in [-0.1, -0.05) is 108 Å². The smallest absolute Gasteiger partial charge is 0.270 e. The first-order chi connectivity index (χ1) is 47.8. The van der Waals surface area contributed by atoms with E-state index in [9.17, 15) is 24.0 Å². The summed E-state index contributed by atoms with van der Waals surface area (Å²) in [7, 11) is 10.5. The molecule has 580 valence electrons. The molecule has 0 saturated carbocycles. The van der Waals surface area contributed by atoms with E-state index in [1.165, 1.54) is 104 Å². The van der Waals surface area contributed by atoms with Gasteiger partial charge in [-0.3, -0.25) is 62.5 Å². The zero-order chi connectivity index (χ0) is 76.9. The van der Waals surface area contributed by atoms with Crippen LogP contribution in [0, 0.1) is 35.5 Å². The topological polar surface area (TPSA) is 333 Å². The Balaban J connectivity index is 1.86. The number of rotatable bonds is 24. The van der Waals surface area contributed by atoms with Crippen molar-refractivity contribution in [1.82, 2.24) is 80.8 Å². The third-order valence-electron chi connectivity index (χ3n) is 19.9. The predicted octanol–water partition coefficient (Wildman–Crippen LogP) is 3.36. The minimum atomic E-state index is -1.39. The summed E-state index contributed by atoms with van der Waals surface area (Å²) in [5.74, 6) is -8.59. The maximum atomic E-state index is 15.4. The van der Waals surface area contributed by atoms with Crippen molar-refractivity contribution in [3.05, 3.63) is 0 Å². The minimum Gasteiger partial charge on any atom is -0.379 e. The summed E-state index contributed by atoms with van der Waals surface area (Å²) in [5, 5.41) is 24.6. The van der Waals surface area contributed by atoms with E-state index >= 15 is 28.8 Å². The van der Waals surface area contributed by atoms with Crippen LogP contribution < -0.4 is 21.3 Å². The minimum absolute atomic E-state index is 0.0421. The molecule has 0 aromatic carbocycles. The van der Waals surface area contributed by atoms with E-state index in [-0.39, 0.29) is 56.0 Å². The van der Waals surface area contributed by atoms with Crippen LogP contribution in [-0.2, 0) is 74.1 Å². The summed E-state index contributed by atoms with van der Waals surface area (Å²) < 4.78 is 13.5. The number of amides is 11. The van der Waals surface area contributed by atoms with Crippen molar-refractivity contribution < 1.29 is 67.1 Å². The Morgan fingerprint density at radius 2 is 1.08 bits per heavy atom. The van der Waals surface area contributed by atoms with Gasteiger partial charge in [0.25, 0.3) is 5.91 Å². The average molecular weight is 1460 g/mol. The summed E-state index contributed by atoms with van der Waals surface area (Å²) in [6.45, 7) is 31.8. The number of hydrogen-bond acceptors (Lipinski definition) is 19. The van der Waals surface area contributed by atoms with Crippen LogP contribution in [0.4, 0.5) is 0 Å². The predicted molar refractivity (Wildman–Crippen MR) is 387 cm³/mol. The molecule has 14 atom stereocenters. The van der Waals surface area contributed by atoms with Crippen molar-refractivity contribution in [2.24, 2.45) is 42.6 Å². The first-order valence-electron chi connectivity index (χ1n) is 36.9. The Bertz CT molecular complexity index is 2950. The monoisotopic (exact) mass is 1460 g/mol. The third-order valence-corrected chi connectivity index (χ3v) is 21.0. The first kappa shape index (κ1) is 87.8. The number of nitrogens with zero attached hydrogens (tertiary/aromatic N) is 12. The Labute approximate surface area is 610 Å². The molecule has 0 unspecified atom stereocenters. The van der Waals surface area contributed by atoms with E-state index in [4.69, 9.17) is 14.3 Å². The number of aromatic nitrogens is 4. The number of hydroxylamine groups is 2. The fourth-order valence-corrected chi connectivity index (χ4v) is 14.2. The fraction of sp³-hybridized carbons (Fsp3) is 0.831. The van der Waals surface area contributed by atoms with Gasteiger partial charge in [0.2, 0.25) is 64.2 Å². The molecule has 1 aromatic heterocycles. The molecular weight excluding hydrogens is 1330 g/mol. The van der Waals surface area contributed by atoms with Crippen molar-refractivity contribution in [1.29, 1.82) is 0 Å². The quantitative estimate of drug-likeness (QED) is 0.0851. The molecule has 102 heavy (non-hydrogen) atoms. The number of ether oxygens (including phenoxy) is 2. The van der Waals surface area contributed by atoms with Crippen molar-refractivity contribution >= 4 is 76.7 Å². The van der Waals surface area contributed by atoms with Crippen molar-refractivity contribution in [2.75, 3.05) is 87.5 Å². The van der Waals surface area contributed by atoms with Crippen LogP contribution in [-0.4, -0.2) is 291 Å². The summed E-state index contributed by atoms with van der Waals surface area (Å²) in [4.78, 5) is 180. The molecule has 4 heterocycles. The van der Waals surface area contributed by atoms with E-state index < -0.39 is 155 Å². The van der Waals surface area contributed by atoms with Crippen LogP contribution >= 0.6 is 11.8 Å². The molecule has 0 spiro atoms. The van der Waals surface area contributed by atoms with E-state index in [0.717, 1.165) is 56.1 Å². The van der Waals surface area contributed by atoms with Crippen molar-refractivity contribution in [3.8, 4) is 0 Å². The van der Waals surface area contributed by atoms with Crippen LogP contribution in [0.2, 0.25) is 0 Å². The molecule has 0 radical (unpaired) electrons. The number of carbonyl (C=O) groups is 11. The maximum absolute atomic E-state index is 15.4. The van der Waals surface area contributed by atoms with Gasteiger partial charge in [-0.25, -0.2) is 9.75 Å². The van der Waals surface area contributed by atoms with Crippen molar-refractivity contribution in [2.45, 2.75) is 259 Å². The van der Waals surface area contributed by atoms with Crippen LogP contribution in [0.25, 0.3) is 0 Å². The summed E-state index contributed by atoms with van der Waals surface area (Å²) >= 11 is 1.54. The molecule has 30 nitrogen and oxygen atoms in total. The highest BCUT2D eigenvalue weighted by molar-refractivity contribution is 7.99. The number of tetrazole rings is 1. The molecule has 0 bridgehead atoms. The average Bonchev–Trinajstić information content (AvgIpc) is 0.790. The molecule has 1 aromatic rings. The number of carbonyl (C=O) groups excluding carboxylic acids is 11. The van der Waals surface area contributed by atoms with Crippen LogP contribution in [0.1, 0.15) is 175 Å². The number of fused-ring (bicyclic) bond motifs is 1. The number of unbranched alkanes of at least 4 members (excludes halogenated alkanes) is 3. The molecule has 3 aliphatic rings. The lowest BCUT2D eigenvalue weighted by Gasteiger charge is -2.50. The van der Waals surface area contributed by atoms with Crippen LogP contribution in [0.3, 0.4) is 0 Å². The van der Waals surface area contributed by atoms with Gasteiger partial charge in [-0.05, 0) is 132 Å².